The Morgan fingerprint density at radius 2 is 2.09 bits per heavy atom. The first-order chi connectivity index (χ1) is 11.1. The first kappa shape index (κ1) is 14.6. The minimum absolute atomic E-state index is 0.176. The summed E-state index contributed by atoms with van der Waals surface area (Å²) in [5.41, 5.74) is 3.16. The van der Waals surface area contributed by atoms with Crippen molar-refractivity contribution in [2.75, 3.05) is 0 Å². The molecular formula is C17H14N6. The van der Waals surface area contributed by atoms with Crippen LogP contribution in [0.3, 0.4) is 0 Å². The lowest BCUT2D eigenvalue weighted by atomic mass is 10.1. The number of nitriles is 1. The molecular weight excluding hydrogens is 288 g/mol. The van der Waals surface area contributed by atoms with Crippen molar-refractivity contribution in [2.45, 2.75) is 13.3 Å². The van der Waals surface area contributed by atoms with E-state index in [4.69, 9.17) is 16.1 Å². The summed E-state index contributed by atoms with van der Waals surface area (Å²) in [6.45, 7) is 1.83. The third kappa shape index (κ3) is 2.99. The van der Waals surface area contributed by atoms with Crippen LogP contribution in [-0.4, -0.2) is 20.6 Å². The van der Waals surface area contributed by atoms with Crippen LogP contribution >= 0.6 is 0 Å². The number of aromatic nitrogens is 3. The van der Waals surface area contributed by atoms with Gasteiger partial charge in [-0.2, -0.15) is 10.4 Å². The van der Waals surface area contributed by atoms with Crippen LogP contribution < -0.4 is 5.49 Å². The molecule has 2 heterocycles. The number of benzene rings is 1. The van der Waals surface area contributed by atoms with Crippen molar-refractivity contribution in [3.8, 4) is 6.07 Å². The summed E-state index contributed by atoms with van der Waals surface area (Å²) >= 11 is 0. The third-order valence-corrected chi connectivity index (χ3v) is 3.47. The van der Waals surface area contributed by atoms with Gasteiger partial charge in [-0.25, -0.2) is 4.68 Å². The van der Waals surface area contributed by atoms with E-state index in [1.165, 1.54) is 4.68 Å². The van der Waals surface area contributed by atoms with Crippen molar-refractivity contribution in [3.63, 3.8) is 0 Å². The van der Waals surface area contributed by atoms with Gasteiger partial charge in [0.1, 0.15) is 17.4 Å². The van der Waals surface area contributed by atoms with Crippen LogP contribution in [0.25, 0.3) is 10.9 Å². The van der Waals surface area contributed by atoms with Gasteiger partial charge in [-0.05, 0) is 42.8 Å². The van der Waals surface area contributed by atoms with Crippen LogP contribution in [0.15, 0.2) is 42.6 Å². The van der Waals surface area contributed by atoms with E-state index >= 15 is 0 Å². The normalized spacial score (nSPS) is 10.4. The second kappa shape index (κ2) is 5.81. The molecule has 0 bridgehead atoms. The Balaban J connectivity index is 1.95. The van der Waals surface area contributed by atoms with Gasteiger partial charge in [0.15, 0.2) is 0 Å². The molecule has 0 saturated heterocycles. The molecule has 0 atom stereocenters. The van der Waals surface area contributed by atoms with Crippen LogP contribution in [0.2, 0.25) is 0 Å². The molecule has 0 aliphatic heterocycles. The van der Waals surface area contributed by atoms with Gasteiger partial charge in [0, 0.05) is 18.0 Å². The fourth-order valence-corrected chi connectivity index (χ4v) is 2.34. The van der Waals surface area contributed by atoms with E-state index in [2.05, 4.69) is 16.2 Å². The van der Waals surface area contributed by atoms with Crippen LogP contribution in [0.4, 0.5) is 0 Å². The summed E-state index contributed by atoms with van der Waals surface area (Å²) in [4.78, 5) is 4.23. The standard InChI is InChI=1S/C17H14N6/c1-11-2-5-16(19)23(22-11)17(20)8-12-3-4-15-14(6-12)7-13(9-18)10-21-15/h2-7,10,19-20H,8H2,1H3. The number of rotatable bonds is 2. The van der Waals surface area contributed by atoms with Crippen LogP contribution in [0, 0.1) is 29.1 Å². The summed E-state index contributed by atoms with van der Waals surface area (Å²) in [5.74, 6) is 0.224. The van der Waals surface area contributed by atoms with E-state index in [1.54, 1.807) is 24.4 Å². The highest BCUT2D eigenvalue weighted by molar-refractivity contribution is 5.85. The maximum absolute atomic E-state index is 8.96. The molecule has 3 aromatic rings. The lowest BCUT2D eigenvalue weighted by Crippen LogP contribution is -2.30. The van der Waals surface area contributed by atoms with Crippen molar-refractivity contribution in [1.29, 1.82) is 16.1 Å². The maximum Gasteiger partial charge on any atom is 0.148 e. The highest BCUT2D eigenvalue weighted by atomic mass is 15.3. The number of nitrogens with zero attached hydrogens (tertiary/aromatic N) is 4. The van der Waals surface area contributed by atoms with E-state index < -0.39 is 0 Å². The Kier molecular flexibility index (Phi) is 3.69. The van der Waals surface area contributed by atoms with E-state index in [0.717, 1.165) is 22.2 Å². The Morgan fingerprint density at radius 1 is 1.26 bits per heavy atom. The fourth-order valence-electron chi connectivity index (χ4n) is 2.34. The predicted octanol–water partition coefficient (Wildman–Crippen LogP) is 2.16. The topological polar surface area (TPSA) is 102 Å². The zero-order chi connectivity index (χ0) is 16.4. The Labute approximate surface area is 132 Å². The van der Waals surface area contributed by atoms with Crippen LogP contribution in [0.5, 0.6) is 0 Å². The van der Waals surface area contributed by atoms with Crippen molar-refractivity contribution in [3.05, 3.63) is 64.9 Å². The van der Waals surface area contributed by atoms with E-state index in [9.17, 15) is 0 Å². The molecule has 0 amide bonds. The fraction of sp³-hybridized carbons (Fsp3) is 0.118. The number of hydrogen-bond donors (Lipinski definition) is 2. The predicted molar refractivity (Wildman–Crippen MR) is 86.1 cm³/mol. The van der Waals surface area contributed by atoms with Gasteiger partial charge in [-0.3, -0.25) is 15.8 Å². The maximum atomic E-state index is 8.96. The number of pyridine rings is 1. The number of hydrogen-bond acceptors (Lipinski definition) is 5. The summed E-state index contributed by atoms with van der Waals surface area (Å²) in [6.07, 6.45) is 1.89. The lowest BCUT2D eigenvalue weighted by molar-refractivity contribution is 0.776. The first-order valence-corrected chi connectivity index (χ1v) is 7.05. The number of aryl methyl sites for hydroxylation is 1. The molecule has 0 fully saturated rings. The zero-order valence-electron chi connectivity index (χ0n) is 12.5. The molecule has 2 aromatic heterocycles. The molecule has 6 heteroatoms. The molecule has 0 aliphatic rings. The van der Waals surface area contributed by atoms with Gasteiger partial charge in [0.25, 0.3) is 0 Å². The van der Waals surface area contributed by atoms with E-state index in [0.29, 0.717) is 12.0 Å². The number of fused-ring (bicyclic) bond motifs is 1. The van der Waals surface area contributed by atoms with Crippen molar-refractivity contribution < 1.29 is 0 Å². The molecule has 0 unspecified atom stereocenters. The Bertz CT molecular complexity index is 1010. The smallest absolute Gasteiger partial charge is 0.148 e. The second-order valence-corrected chi connectivity index (χ2v) is 5.26. The third-order valence-electron chi connectivity index (χ3n) is 3.47. The summed E-state index contributed by atoms with van der Waals surface area (Å²) in [5, 5.41) is 30.1. The second-order valence-electron chi connectivity index (χ2n) is 5.26. The highest BCUT2D eigenvalue weighted by Crippen LogP contribution is 2.16. The quantitative estimate of drug-likeness (QED) is 0.560. The average molecular weight is 302 g/mol. The van der Waals surface area contributed by atoms with Crippen LogP contribution in [0.1, 0.15) is 16.8 Å². The van der Waals surface area contributed by atoms with Gasteiger partial charge in [0.2, 0.25) is 0 Å². The molecule has 0 spiro atoms. The highest BCUT2D eigenvalue weighted by Gasteiger charge is 2.06. The zero-order valence-corrected chi connectivity index (χ0v) is 12.5. The molecule has 0 aliphatic carbocycles. The SMILES string of the molecule is Cc1ccc(=N)n(C(=N)Cc2ccc3ncc(C#N)cc3c2)n1. The van der Waals surface area contributed by atoms with Gasteiger partial charge in [-0.15, -0.1) is 0 Å². The van der Waals surface area contributed by atoms with E-state index in [-0.39, 0.29) is 11.3 Å². The van der Waals surface area contributed by atoms with Gasteiger partial charge < -0.3 is 0 Å². The molecule has 0 saturated carbocycles. The first-order valence-electron chi connectivity index (χ1n) is 7.05. The molecule has 1 aromatic carbocycles. The minimum atomic E-state index is 0.176. The summed E-state index contributed by atoms with van der Waals surface area (Å²) < 4.78 is 1.32. The Morgan fingerprint density at radius 3 is 2.87 bits per heavy atom. The lowest BCUT2D eigenvalue weighted by Gasteiger charge is -2.09. The molecule has 0 radical (unpaired) electrons. The summed E-state index contributed by atoms with van der Waals surface area (Å²) in [6, 6.07) is 12.9. The van der Waals surface area contributed by atoms with Gasteiger partial charge in [-0.1, -0.05) is 6.07 Å². The molecule has 6 nitrogen and oxygen atoms in total. The molecule has 3 rings (SSSR count). The van der Waals surface area contributed by atoms with Crippen molar-refractivity contribution >= 4 is 16.7 Å². The van der Waals surface area contributed by atoms with Gasteiger partial charge >= 0.3 is 0 Å². The van der Waals surface area contributed by atoms with Crippen molar-refractivity contribution in [1.82, 2.24) is 14.8 Å². The largest absolute Gasteiger partial charge is 0.286 e. The van der Waals surface area contributed by atoms with Crippen molar-refractivity contribution in [2.24, 2.45) is 0 Å². The van der Waals surface area contributed by atoms with E-state index in [1.807, 2.05) is 25.1 Å². The monoisotopic (exact) mass is 302 g/mol. The number of nitrogens with one attached hydrogen (secondary N) is 2. The molecule has 23 heavy (non-hydrogen) atoms. The Hall–Kier alpha value is -3.33. The van der Waals surface area contributed by atoms with Crippen LogP contribution in [-0.2, 0) is 6.42 Å². The average Bonchev–Trinajstić information content (AvgIpc) is 2.56. The molecule has 2 N–H and O–H groups in total. The summed E-state index contributed by atoms with van der Waals surface area (Å²) in [7, 11) is 0. The minimum Gasteiger partial charge on any atom is -0.286 e. The molecule has 112 valence electrons. The van der Waals surface area contributed by atoms with Gasteiger partial charge in [0.05, 0.1) is 16.8 Å².